The summed E-state index contributed by atoms with van der Waals surface area (Å²) in [6.45, 7) is 2.03. The quantitative estimate of drug-likeness (QED) is 0.793. The molecule has 22 heavy (non-hydrogen) atoms. The Morgan fingerprint density at radius 1 is 1.41 bits per heavy atom. The minimum atomic E-state index is -3.11. The number of carbonyl (C=O) groups is 2. The molecule has 2 amide bonds. The SMILES string of the molecule is CCN(C(=O)C(=O)Nc1cccc(Br)c1)C1CCS(=O)(=O)C1. The minimum absolute atomic E-state index is 0.0642. The van der Waals surface area contributed by atoms with Crippen LogP contribution in [0.15, 0.2) is 28.7 Å². The van der Waals surface area contributed by atoms with Crippen LogP contribution >= 0.6 is 15.9 Å². The summed E-state index contributed by atoms with van der Waals surface area (Å²) in [5.74, 6) is -1.47. The molecule has 2 rings (SSSR count). The van der Waals surface area contributed by atoms with Crippen molar-refractivity contribution < 1.29 is 18.0 Å². The van der Waals surface area contributed by atoms with Crippen LogP contribution in [0.5, 0.6) is 0 Å². The zero-order valence-electron chi connectivity index (χ0n) is 12.1. The van der Waals surface area contributed by atoms with E-state index in [4.69, 9.17) is 0 Å². The molecule has 1 aromatic carbocycles. The predicted molar refractivity (Wildman–Crippen MR) is 87.2 cm³/mol. The van der Waals surface area contributed by atoms with Gasteiger partial charge in [0.2, 0.25) is 0 Å². The molecule has 1 unspecified atom stereocenters. The smallest absolute Gasteiger partial charge is 0.313 e. The molecule has 6 nitrogen and oxygen atoms in total. The minimum Gasteiger partial charge on any atom is -0.331 e. The first kappa shape index (κ1) is 17.0. The van der Waals surface area contributed by atoms with Crippen molar-refractivity contribution in [3.8, 4) is 0 Å². The lowest BCUT2D eigenvalue weighted by Crippen LogP contribution is -2.46. The van der Waals surface area contributed by atoms with Crippen LogP contribution in [0.4, 0.5) is 5.69 Å². The van der Waals surface area contributed by atoms with E-state index < -0.39 is 27.7 Å². The van der Waals surface area contributed by atoms with Crippen LogP contribution in [0, 0.1) is 0 Å². The molecule has 1 fully saturated rings. The molecule has 0 bridgehead atoms. The van der Waals surface area contributed by atoms with Crippen LogP contribution < -0.4 is 5.32 Å². The van der Waals surface area contributed by atoms with E-state index in [1.807, 2.05) is 0 Å². The largest absolute Gasteiger partial charge is 0.331 e. The van der Waals surface area contributed by atoms with E-state index in [0.717, 1.165) is 4.47 Å². The van der Waals surface area contributed by atoms with Crippen molar-refractivity contribution in [3.63, 3.8) is 0 Å². The van der Waals surface area contributed by atoms with Gasteiger partial charge >= 0.3 is 11.8 Å². The third-order valence-electron chi connectivity index (χ3n) is 3.53. The molecule has 120 valence electrons. The average molecular weight is 389 g/mol. The van der Waals surface area contributed by atoms with Gasteiger partial charge in [0, 0.05) is 22.7 Å². The van der Waals surface area contributed by atoms with Crippen LogP contribution in [0.3, 0.4) is 0 Å². The first-order valence-corrected chi connectivity index (χ1v) is 9.52. The second-order valence-electron chi connectivity index (χ2n) is 5.11. The zero-order chi connectivity index (χ0) is 16.3. The van der Waals surface area contributed by atoms with Gasteiger partial charge in [0.25, 0.3) is 0 Å². The Labute approximate surface area is 137 Å². The number of hydrogen-bond donors (Lipinski definition) is 1. The molecule has 1 atom stereocenters. The summed E-state index contributed by atoms with van der Waals surface area (Å²) in [5, 5.41) is 2.53. The molecule has 8 heteroatoms. The summed E-state index contributed by atoms with van der Waals surface area (Å²) < 4.78 is 23.9. The van der Waals surface area contributed by atoms with E-state index >= 15 is 0 Å². The van der Waals surface area contributed by atoms with Crippen molar-refractivity contribution in [2.24, 2.45) is 0 Å². The Morgan fingerprint density at radius 3 is 2.68 bits per heavy atom. The van der Waals surface area contributed by atoms with E-state index in [1.165, 1.54) is 4.90 Å². The lowest BCUT2D eigenvalue weighted by atomic mass is 10.2. The van der Waals surface area contributed by atoms with Gasteiger partial charge in [-0.3, -0.25) is 9.59 Å². The number of carbonyl (C=O) groups excluding carboxylic acids is 2. The van der Waals surface area contributed by atoms with E-state index in [9.17, 15) is 18.0 Å². The molecule has 0 radical (unpaired) electrons. The summed E-state index contributed by atoms with van der Waals surface area (Å²) in [6, 6.07) is 6.48. The second kappa shape index (κ2) is 6.78. The number of nitrogens with zero attached hydrogens (tertiary/aromatic N) is 1. The van der Waals surface area contributed by atoms with Gasteiger partial charge in [0.05, 0.1) is 11.5 Å². The average Bonchev–Trinajstić information content (AvgIpc) is 2.79. The molecule has 0 spiro atoms. The fourth-order valence-corrected chi connectivity index (χ4v) is 4.60. The number of amides is 2. The Morgan fingerprint density at radius 2 is 2.14 bits per heavy atom. The Bertz CT molecular complexity index is 690. The summed E-state index contributed by atoms with van der Waals surface area (Å²) in [7, 11) is -3.11. The lowest BCUT2D eigenvalue weighted by molar-refractivity contribution is -0.144. The molecule has 1 aliphatic heterocycles. The lowest BCUT2D eigenvalue weighted by Gasteiger charge is -2.26. The van der Waals surface area contributed by atoms with E-state index in [2.05, 4.69) is 21.2 Å². The Kier molecular flexibility index (Phi) is 5.23. The van der Waals surface area contributed by atoms with Gasteiger partial charge in [0.1, 0.15) is 0 Å². The van der Waals surface area contributed by atoms with Crippen molar-refractivity contribution in [1.82, 2.24) is 4.90 Å². The summed E-state index contributed by atoms with van der Waals surface area (Å²) >= 11 is 3.28. The third kappa shape index (κ3) is 4.07. The first-order chi connectivity index (χ1) is 10.3. The maximum atomic E-state index is 12.3. The maximum Gasteiger partial charge on any atom is 0.313 e. The van der Waals surface area contributed by atoms with E-state index in [0.29, 0.717) is 18.7 Å². The van der Waals surface area contributed by atoms with Crippen LogP contribution in [0.25, 0.3) is 0 Å². The molecule has 1 aliphatic rings. The van der Waals surface area contributed by atoms with Crippen molar-refractivity contribution in [1.29, 1.82) is 0 Å². The predicted octanol–water partition coefficient (Wildman–Crippen LogP) is 1.42. The van der Waals surface area contributed by atoms with Gasteiger partial charge in [-0.15, -0.1) is 0 Å². The van der Waals surface area contributed by atoms with Gasteiger partial charge in [-0.2, -0.15) is 0 Å². The molecular weight excluding hydrogens is 372 g/mol. The van der Waals surface area contributed by atoms with Crippen molar-refractivity contribution in [2.75, 3.05) is 23.4 Å². The van der Waals surface area contributed by atoms with Crippen LogP contribution in [-0.4, -0.2) is 49.2 Å². The number of rotatable bonds is 3. The molecule has 0 aromatic heterocycles. The fourth-order valence-electron chi connectivity index (χ4n) is 2.47. The number of benzene rings is 1. The molecule has 1 N–H and O–H groups in total. The van der Waals surface area contributed by atoms with Crippen LogP contribution in [0.1, 0.15) is 13.3 Å². The van der Waals surface area contributed by atoms with Crippen molar-refractivity contribution in [3.05, 3.63) is 28.7 Å². The molecule has 1 saturated heterocycles. The van der Waals surface area contributed by atoms with Gasteiger partial charge in [-0.05, 0) is 31.5 Å². The van der Waals surface area contributed by atoms with Crippen molar-refractivity contribution in [2.45, 2.75) is 19.4 Å². The highest BCUT2D eigenvalue weighted by Gasteiger charge is 2.35. The molecular formula is C14H17BrN2O4S. The summed E-state index contributed by atoms with van der Waals surface area (Å²) in [5.41, 5.74) is 0.503. The number of halogens is 1. The topological polar surface area (TPSA) is 83.6 Å². The highest BCUT2D eigenvalue weighted by atomic mass is 79.9. The van der Waals surface area contributed by atoms with E-state index in [-0.39, 0.29) is 11.5 Å². The van der Waals surface area contributed by atoms with Crippen LogP contribution in [0.2, 0.25) is 0 Å². The maximum absolute atomic E-state index is 12.3. The zero-order valence-corrected chi connectivity index (χ0v) is 14.5. The highest BCUT2D eigenvalue weighted by molar-refractivity contribution is 9.10. The summed E-state index contributed by atoms with van der Waals surface area (Å²) in [4.78, 5) is 25.7. The number of sulfone groups is 1. The highest BCUT2D eigenvalue weighted by Crippen LogP contribution is 2.19. The normalized spacial score (nSPS) is 19.6. The van der Waals surface area contributed by atoms with Gasteiger partial charge in [0.15, 0.2) is 9.84 Å². The van der Waals surface area contributed by atoms with E-state index in [1.54, 1.807) is 31.2 Å². The fraction of sp³-hybridized carbons (Fsp3) is 0.429. The third-order valence-corrected chi connectivity index (χ3v) is 5.77. The number of anilines is 1. The standard InChI is InChI=1S/C14H17BrN2O4S/c1-2-17(12-6-7-22(20,21)9-12)14(19)13(18)16-11-5-3-4-10(15)8-11/h3-5,8,12H,2,6-7,9H2,1H3,(H,16,18). The number of hydrogen-bond acceptors (Lipinski definition) is 4. The Balaban J connectivity index is 2.06. The molecule has 1 heterocycles. The first-order valence-electron chi connectivity index (χ1n) is 6.90. The van der Waals surface area contributed by atoms with Gasteiger partial charge < -0.3 is 10.2 Å². The Hall–Kier alpha value is -1.41. The molecule has 1 aromatic rings. The molecule has 0 aliphatic carbocycles. The number of nitrogens with one attached hydrogen (secondary N) is 1. The summed E-state index contributed by atoms with van der Waals surface area (Å²) in [6.07, 6.45) is 0.381. The van der Waals surface area contributed by atoms with Crippen molar-refractivity contribution >= 4 is 43.3 Å². The van der Waals surface area contributed by atoms with Crippen LogP contribution in [-0.2, 0) is 19.4 Å². The second-order valence-corrected chi connectivity index (χ2v) is 8.26. The number of likely N-dealkylation sites (N-methyl/N-ethyl adjacent to an activating group) is 1. The monoisotopic (exact) mass is 388 g/mol. The van der Waals surface area contributed by atoms with Gasteiger partial charge in [-0.1, -0.05) is 22.0 Å². The van der Waals surface area contributed by atoms with Gasteiger partial charge in [-0.25, -0.2) is 8.42 Å². The molecule has 0 saturated carbocycles.